The smallest absolute Gasteiger partial charge is 0.244 e. The van der Waals surface area contributed by atoms with Crippen LogP contribution in [0.2, 0.25) is 5.02 Å². The molecule has 0 aliphatic carbocycles. The van der Waals surface area contributed by atoms with Crippen molar-refractivity contribution in [3.63, 3.8) is 0 Å². The van der Waals surface area contributed by atoms with Crippen LogP contribution in [0.15, 0.2) is 29.4 Å². The van der Waals surface area contributed by atoms with Crippen molar-refractivity contribution in [2.75, 3.05) is 11.5 Å². The van der Waals surface area contributed by atoms with E-state index in [0.717, 1.165) is 0 Å². The Morgan fingerprint density at radius 2 is 2.16 bits per heavy atom. The van der Waals surface area contributed by atoms with Crippen LogP contribution in [0.25, 0.3) is 0 Å². The number of carbonyl (C=O) groups excluding carboxylic acids is 1. The van der Waals surface area contributed by atoms with Gasteiger partial charge >= 0.3 is 0 Å². The molecule has 1 N–H and O–H groups in total. The van der Waals surface area contributed by atoms with Gasteiger partial charge in [-0.25, -0.2) is 13.8 Å². The minimum atomic E-state index is -3.06. The molecule has 19 heavy (non-hydrogen) atoms. The fraction of sp³-hybridized carbons (Fsp3) is 0.333. The Hall–Kier alpha value is -1.40. The highest BCUT2D eigenvalue weighted by Crippen LogP contribution is 2.18. The first-order valence-corrected chi connectivity index (χ1v) is 7.96. The molecule has 1 saturated heterocycles. The molecule has 0 bridgehead atoms. The Bertz CT molecular complexity index is 613. The van der Waals surface area contributed by atoms with Crippen molar-refractivity contribution in [1.82, 2.24) is 5.43 Å². The van der Waals surface area contributed by atoms with Crippen molar-refractivity contribution >= 4 is 33.6 Å². The molecule has 2 rings (SSSR count). The van der Waals surface area contributed by atoms with Crippen LogP contribution in [0.4, 0.5) is 0 Å². The van der Waals surface area contributed by atoms with Crippen molar-refractivity contribution in [1.29, 1.82) is 0 Å². The number of hydrogen-bond acceptors (Lipinski definition) is 4. The molecule has 0 aromatic heterocycles. The maximum absolute atomic E-state index is 11.7. The molecule has 0 radical (unpaired) electrons. The lowest BCUT2D eigenvalue weighted by atomic mass is 10.1. The molecule has 5 nitrogen and oxygen atoms in total. The molecule has 1 aromatic rings. The molecule has 7 heteroatoms. The Labute approximate surface area is 116 Å². The predicted molar refractivity (Wildman–Crippen MR) is 73.9 cm³/mol. The minimum absolute atomic E-state index is 0.0688. The third-order valence-corrected chi connectivity index (χ3v) is 5.00. The average Bonchev–Trinajstić information content (AvgIpc) is 2.72. The fourth-order valence-corrected chi connectivity index (χ4v) is 3.76. The van der Waals surface area contributed by atoms with Gasteiger partial charge in [-0.15, -0.1) is 0 Å². The van der Waals surface area contributed by atoms with Crippen molar-refractivity contribution in [3.05, 3.63) is 34.9 Å². The maximum atomic E-state index is 11.7. The molecule has 0 saturated carbocycles. The molecule has 0 spiro atoms. The van der Waals surface area contributed by atoms with E-state index >= 15 is 0 Å². The second kappa shape index (κ2) is 5.71. The van der Waals surface area contributed by atoms with E-state index < -0.39 is 15.8 Å². The molecule has 1 aliphatic rings. The Morgan fingerprint density at radius 3 is 2.79 bits per heavy atom. The van der Waals surface area contributed by atoms with Gasteiger partial charge in [0.25, 0.3) is 0 Å². The zero-order valence-electron chi connectivity index (χ0n) is 10.0. The van der Waals surface area contributed by atoms with E-state index in [-0.39, 0.29) is 17.4 Å². The standard InChI is InChI=1S/C12H13ClN2O3S/c13-11-4-2-1-3-9(11)7-14-15-12(16)10-5-6-19(17,18)8-10/h1-4,7,10H,5-6,8H2,(H,15,16)/b14-7-/t10-/m1/s1. The molecular weight excluding hydrogens is 288 g/mol. The number of benzene rings is 1. The quantitative estimate of drug-likeness (QED) is 0.674. The maximum Gasteiger partial charge on any atom is 0.244 e. The van der Waals surface area contributed by atoms with Gasteiger partial charge in [-0.05, 0) is 12.5 Å². The van der Waals surface area contributed by atoms with Gasteiger partial charge in [0.05, 0.1) is 23.6 Å². The van der Waals surface area contributed by atoms with Crippen molar-refractivity contribution < 1.29 is 13.2 Å². The summed E-state index contributed by atoms with van der Waals surface area (Å²) in [5, 5.41) is 4.32. The molecule has 1 fully saturated rings. The molecule has 1 heterocycles. The summed E-state index contributed by atoms with van der Waals surface area (Å²) in [4.78, 5) is 11.7. The van der Waals surface area contributed by atoms with Crippen molar-refractivity contribution in [2.24, 2.45) is 11.0 Å². The van der Waals surface area contributed by atoms with Gasteiger partial charge < -0.3 is 0 Å². The number of amides is 1. The van der Waals surface area contributed by atoms with E-state index in [2.05, 4.69) is 10.5 Å². The summed E-state index contributed by atoms with van der Waals surface area (Å²) in [6.45, 7) is 0. The number of rotatable bonds is 3. The zero-order valence-corrected chi connectivity index (χ0v) is 11.6. The van der Waals surface area contributed by atoms with Gasteiger partial charge in [0, 0.05) is 10.6 Å². The number of nitrogens with zero attached hydrogens (tertiary/aromatic N) is 1. The first-order valence-electron chi connectivity index (χ1n) is 5.76. The van der Waals surface area contributed by atoms with Crippen LogP contribution in [0, 0.1) is 5.92 Å². The van der Waals surface area contributed by atoms with E-state index in [4.69, 9.17) is 11.6 Å². The monoisotopic (exact) mass is 300 g/mol. The zero-order chi connectivity index (χ0) is 13.9. The first-order chi connectivity index (χ1) is 8.98. The van der Waals surface area contributed by atoms with Gasteiger partial charge in [0.1, 0.15) is 0 Å². The molecular formula is C12H13ClN2O3S. The van der Waals surface area contributed by atoms with Crippen molar-refractivity contribution in [3.8, 4) is 0 Å². The Kier molecular flexibility index (Phi) is 4.21. The molecule has 1 aromatic carbocycles. The highest BCUT2D eigenvalue weighted by atomic mass is 35.5. The lowest BCUT2D eigenvalue weighted by Gasteiger charge is -2.04. The predicted octanol–water partition coefficient (Wildman–Crippen LogP) is 1.22. The first kappa shape index (κ1) is 14.0. The fourth-order valence-electron chi connectivity index (χ4n) is 1.84. The van der Waals surface area contributed by atoms with E-state index in [1.165, 1.54) is 6.21 Å². The summed E-state index contributed by atoms with van der Waals surface area (Å²) in [5.41, 5.74) is 3.03. The van der Waals surface area contributed by atoms with Crippen LogP contribution in [0.5, 0.6) is 0 Å². The Morgan fingerprint density at radius 1 is 1.42 bits per heavy atom. The largest absolute Gasteiger partial charge is 0.273 e. The summed E-state index contributed by atoms with van der Waals surface area (Å²) in [7, 11) is -3.06. The Balaban J connectivity index is 1.93. The van der Waals surface area contributed by atoms with Crippen LogP contribution >= 0.6 is 11.6 Å². The second-order valence-electron chi connectivity index (χ2n) is 4.36. The summed E-state index contributed by atoms with van der Waals surface area (Å²) in [5.74, 6) is -0.905. The van der Waals surface area contributed by atoms with Crippen LogP contribution in [-0.2, 0) is 14.6 Å². The lowest BCUT2D eigenvalue weighted by Crippen LogP contribution is -2.27. The second-order valence-corrected chi connectivity index (χ2v) is 6.99. The van der Waals surface area contributed by atoms with Gasteiger partial charge in [0.2, 0.25) is 5.91 Å². The number of hydrazone groups is 1. The van der Waals surface area contributed by atoms with Crippen LogP contribution in [0.1, 0.15) is 12.0 Å². The van der Waals surface area contributed by atoms with E-state index in [1.54, 1.807) is 24.3 Å². The van der Waals surface area contributed by atoms with E-state index in [0.29, 0.717) is 17.0 Å². The lowest BCUT2D eigenvalue weighted by molar-refractivity contribution is -0.124. The SMILES string of the molecule is O=C(N/N=C\c1ccccc1Cl)[C@@H]1CCS(=O)(=O)C1. The summed E-state index contributed by atoms with van der Waals surface area (Å²) in [6.07, 6.45) is 1.79. The highest BCUT2D eigenvalue weighted by molar-refractivity contribution is 7.91. The van der Waals surface area contributed by atoms with Crippen LogP contribution < -0.4 is 5.43 Å². The number of sulfone groups is 1. The van der Waals surface area contributed by atoms with Gasteiger partial charge in [-0.3, -0.25) is 4.79 Å². The summed E-state index contributed by atoms with van der Waals surface area (Å²) >= 11 is 5.92. The summed E-state index contributed by atoms with van der Waals surface area (Å²) in [6, 6.07) is 7.08. The summed E-state index contributed by atoms with van der Waals surface area (Å²) < 4.78 is 22.5. The average molecular weight is 301 g/mol. The number of nitrogens with one attached hydrogen (secondary N) is 1. The number of halogens is 1. The minimum Gasteiger partial charge on any atom is -0.273 e. The topological polar surface area (TPSA) is 75.6 Å². The van der Waals surface area contributed by atoms with Crippen LogP contribution in [-0.4, -0.2) is 32.0 Å². The normalized spacial score (nSPS) is 21.6. The third-order valence-electron chi connectivity index (χ3n) is 2.89. The molecule has 1 amide bonds. The van der Waals surface area contributed by atoms with Crippen molar-refractivity contribution in [2.45, 2.75) is 6.42 Å². The number of hydrogen-bond donors (Lipinski definition) is 1. The van der Waals surface area contributed by atoms with Gasteiger partial charge in [-0.2, -0.15) is 5.10 Å². The molecule has 1 atom stereocenters. The molecule has 1 aliphatic heterocycles. The number of carbonyl (C=O) groups is 1. The van der Waals surface area contributed by atoms with E-state index in [1.807, 2.05) is 0 Å². The highest BCUT2D eigenvalue weighted by Gasteiger charge is 2.32. The van der Waals surface area contributed by atoms with Gasteiger partial charge in [-0.1, -0.05) is 29.8 Å². The third kappa shape index (κ3) is 3.78. The molecule has 0 unspecified atom stereocenters. The van der Waals surface area contributed by atoms with Gasteiger partial charge in [0.15, 0.2) is 9.84 Å². The van der Waals surface area contributed by atoms with Crippen LogP contribution in [0.3, 0.4) is 0 Å². The van der Waals surface area contributed by atoms with E-state index in [9.17, 15) is 13.2 Å². The molecule has 102 valence electrons.